The summed E-state index contributed by atoms with van der Waals surface area (Å²) >= 11 is 6.12. The van der Waals surface area contributed by atoms with E-state index in [1.165, 1.54) is 14.2 Å². The van der Waals surface area contributed by atoms with Gasteiger partial charge < -0.3 is 14.8 Å². The van der Waals surface area contributed by atoms with Crippen LogP contribution in [0.1, 0.15) is 25.0 Å². The smallest absolute Gasteiger partial charge is 0.228 e. The molecule has 0 saturated heterocycles. The highest BCUT2D eigenvalue weighted by Gasteiger charge is 2.24. The molecule has 1 aromatic carbocycles. The highest BCUT2D eigenvalue weighted by molar-refractivity contribution is 6.32. The number of nitrogens with one attached hydrogen (secondary N) is 1. The molecule has 1 aliphatic heterocycles. The van der Waals surface area contributed by atoms with Crippen LogP contribution in [0.2, 0.25) is 5.02 Å². The number of amides is 2. The molecule has 0 spiro atoms. The van der Waals surface area contributed by atoms with E-state index < -0.39 is 0 Å². The average molecular weight is 407 g/mol. The van der Waals surface area contributed by atoms with Gasteiger partial charge in [0.05, 0.1) is 30.6 Å². The van der Waals surface area contributed by atoms with Crippen molar-refractivity contribution in [1.29, 1.82) is 0 Å². The lowest BCUT2D eigenvalue weighted by molar-refractivity contribution is -0.122. The van der Waals surface area contributed by atoms with Crippen LogP contribution in [-0.2, 0) is 16.1 Å². The van der Waals surface area contributed by atoms with E-state index in [1.807, 2.05) is 17.7 Å². The van der Waals surface area contributed by atoms with Gasteiger partial charge in [-0.15, -0.1) is 0 Å². The van der Waals surface area contributed by atoms with Gasteiger partial charge in [-0.1, -0.05) is 11.6 Å². The number of methoxy groups -OCH3 is 2. The van der Waals surface area contributed by atoms with Gasteiger partial charge in [-0.25, -0.2) is 4.68 Å². The summed E-state index contributed by atoms with van der Waals surface area (Å²) < 4.78 is 12.2. The number of fused-ring (bicyclic) bond motifs is 1. The van der Waals surface area contributed by atoms with E-state index in [0.717, 1.165) is 24.5 Å². The summed E-state index contributed by atoms with van der Waals surface area (Å²) in [7, 11) is 2.99. The van der Waals surface area contributed by atoms with Crippen LogP contribution in [0.25, 0.3) is 0 Å². The molecule has 0 aliphatic carbocycles. The molecule has 3 rings (SSSR count). The Hall–Kier alpha value is -2.74. The first kappa shape index (κ1) is 20.0. The second-order valence-electron chi connectivity index (χ2n) is 6.50. The van der Waals surface area contributed by atoms with Crippen molar-refractivity contribution in [3.05, 3.63) is 28.9 Å². The van der Waals surface area contributed by atoms with Gasteiger partial charge in [0.15, 0.2) is 0 Å². The molecule has 8 nitrogen and oxygen atoms in total. The predicted octanol–water partition coefficient (Wildman–Crippen LogP) is 3.02. The minimum Gasteiger partial charge on any atom is -0.495 e. The van der Waals surface area contributed by atoms with Crippen LogP contribution in [0.5, 0.6) is 11.5 Å². The van der Waals surface area contributed by atoms with Crippen LogP contribution in [0, 0.1) is 6.92 Å². The molecule has 1 aliphatic rings. The van der Waals surface area contributed by atoms with E-state index in [2.05, 4.69) is 10.4 Å². The Morgan fingerprint density at radius 3 is 2.61 bits per heavy atom. The minimum atomic E-state index is -0.297. The zero-order valence-electron chi connectivity index (χ0n) is 16.1. The molecular weight excluding hydrogens is 384 g/mol. The van der Waals surface area contributed by atoms with Crippen LogP contribution in [-0.4, -0.2) is 42.4 Å². The highest BCUT2D eigenvalue weighted by atomic mass is 35.5. The molecule has 0 bridgehead atoms. The van der Waals surface area contributed by atoms with Crippen molar-refractivity contribution in [2.45, 2.75) is 32.7 Å². The number of carbonyl (C=O) groups is 2. The molecule has 2 amide bonds. The normalized spacial score (nSPS) is 13.1. The van der Waals surface area contributed by atoms with Crippen LogP contribution in [0.15, 0.2) is 18.2 Å². The van der Waals surface area contributed by atoms with Crippen LogP contribution in [0.3, 0.4) is 0 Å². The number of aryl methyl sites for hydroxylation is 2. The maximum absolute atomic E-state index is 12.6. The molecular formula is C19H23ClN4O4. The van der Waals surface area contributed by atoms with Gasteiger partial charge in [0.1, 0.15) is 17.3 Å². The molecule has 0 radical (unpaired) electrons. The van der Waals surface area contributed by atoms with Gasteiger partial charge >= 0.3 is 0 Å². The average Bonchev–Trinajstić information content (AvgIpc) is 3.06. The number of hydrogen-bond acceptors (Lipinski definition) is 5. The number of hydrogen-bond donors (Lipinski definition) is 1. The van der Waals surface area contributed by atoms with E-state index in [9.17, 15) is 9.59 Å². The van der Waals surface area contributed by atoms with E-state index in [4.69, 9.17) is 21.1 Å². The van der Waals surface area contributed by atoms with Crippen molar-refractivity contribution < 1.29 is 19.1 Å². The molecule has 0 unspecified atom stereocenters. The molecule has 0 saturated carbocycles. The molecule has 0 fully saturated rings. The molecule has 2 aromatic rings. The van der Waals surface area contributed by atoms with E-state index in [-0.39, 0.29) is 24.7 Å². The quantitative estimate of drug-likeness (QED) is 0.796. The number of halogens is 1. The van der Waals surface area contributed by atoms with E-state index in [0.29, 0.717) is 28.8 Å². The molecule has 1 N–H and O–H groups in total. The van der Waals surface area contributed by atoms with Gasteiger partial charge in [-0.3, -0.25) is 14.5 Å². The van der Waals surface area contributed by atoms with E-state index >= 15 is 0 Å². The summed E-state index contributed by atoms with van der Waals surface area (Å²) in [6.07, 6.45) is 0.991. The monoisotopic (exact) mass is 406 g/mol. The van der Waals surface area contributed by atoms with Gasteiger partial charge in [0, 0.05) is 38.1 Å². The number of nitrogens with zero attached hydrogens (tertiary/aromatic N) is 3. The fraction of sp³-hybridized carbons (Fsp3) is 0.421. The largest absolute Gasteiger partial charge is 0.495 e. The topological polar surface area (TPSA) is 85.7 Å². The summed E-state index contributed by atoms with van der Waals surface area (Å²) in [4.78, 5) is 26.7. The highest BCUT2D eigenvalue weighted by Crippen LogP contribution is 2.36. The number of rotatable bonds is 6. The van der Waals surface area contributed by atoms with Crippen molar-refractivity contribution in [2.24, 2.45) is 0 Å². The number of anilines is 2. The minimum absolute atomic E-state index is 0.0508. The summed E-state index contributed by atoms with van der Waals surface area (Å²) in [5.74, 6) is 1.27. The molecule has 9 heteroatoms. The van der Waals surface area contributed by atoms with Crippen molar-refractivity contribution in [1.82, 2.24) is 9.78 Å². The fourth-order valence-electron chi connectivity index (χ4n) is 3.19. The molecule has 1 aromatic heterocycles. The Morgan fingerprint density at radius 1 is 1.14 bits per heavy atom. The Labute approximate surface area is 168 Å². The van der Waals surface area contributed by atoms with Crippen molar-refractivity contribution in [3.63, 3.8) is 0 Å². The SMILES string of the molecule is COc1cc(OC)c(NC(=O)CCC(=O)N2CCCn3nc(C)cc32)cc1Cl. The second-order valence-corrected chi connectivity index (χ2v) is 6.91. The predicted molar refractivity (Wildman–Crippen MR) is 106 cm³/mol. The second kappa shape index (κ2) is 8.52. The Kier molecular flexibility index (Phi) is 6.08. The molecule has 150 valence electrons. The third-order valence-corrected chi connectivity index (χ3v) is 4.82. The van der Waals surface area contributed by atoms with Gasteiger partial charge in [0.25, 0.3) is 0 Å². The van der Waals surface area contributed by atoms with Crippen molar-refractivity contribution >= 4 is 34.9 Å². The van der Waals surface area contributed by atoms with Gasteiger partial charge in [0.2, 0.25) is 11.8 Å². The molecule has 28 heavy (non-hydrogen) atoms. The summed E-state index contributed by atoms with van der Waals surface area (Å²) in [6.45, 7) is 3.33. The maximum atomic E-state index is 12.6. The summed E-state index contributed by atoms with van der Waals surface area (Å²) in [5.41, 5.74) is 1.30. The zero-order valence-corrected chi connectivity index (χ0v) is 16.9. The number of aromatic nitrogens is 2. The summed E-state index contributed by atoms with van der Waals surface area (Å²) in [5, 5.41) is 7.48. The Balaban J connectivity index is 1.62. The number of benzene rings is 1. The van der Waals surface area contributed by atoms with Gasteiger partial charge in [-0.05, 0) is 19.4 Å². The van der Waals surface area contributed by atoms with Crippen molar-refractivity contribution in [2.75, 3.05) is 31.0 Å². The lowest BCUT2D eigenvalue weighted by atomic mass is 10.2. The zero-order chi connectivity index (χ0) is 20.3. The standard InChI is InChI=1S/C19H23ClN4O4/c1-12-9-18-23(7-4-8-24(18)22-12)19(26)6-5-17(25)21-14-10-13(20)15(27-2)11-16(14)28-3/h9-11H,4-8H2,1-3H3,(H,21,25). The molecule has 0 atom stereocenters. The number of carbonyl (C=O) groups excluding carboxylic acids is 2. The summed E-state index contributed by atoms with van der Waals surface area (Å²) in [6, 6.07) is 5.05. The third kappa shape index (κ3) is 4.22. The lowest BCUT2D eigenvalue weighted by Gasteiger charge is -2.27. The first-order valence-corrected chi connectivity index (χ1v) is 9.37. The van der Waals surface area contributed by atoms with Crippen LogP contribution in [0.4, 0.5) is 11.5 Å². The Morgan fingerprint density at radius 2 is 1.89 bits per heavy atom. The third-order valence-electron chi connectivity index (χ3n) is 4.52. The van der Waals surface area contributed by atoms with E-state index in [1.54, 1.807) is 17.0 Å². The first-order valence-electron chi connectivity index (χ1n) is 8.99. The Bertz CT molecular complexity index is 896. The molecule has 2 heterocycles. The number of ether oxygens (including phenoxy) is 2. The maximum Gasteiger partial charge on any atom is 0.228 e. The van der Waals surface area contributed by atoms with Crippen LogP contribution < -0.4 is 19.7 Å². The lowest BCUT2D eigenvalue weighted by Crippen LogP contribution is -2.37. The first-order chi connectivity index (χ1) is 13.4. The van der Waals surface area contributed by atoms with Crippen molar-refractivity contribution in [3.8, 4) is 11.5 Å². The fourth-order valence-corrected chi connectivity index (χ4v) is 3.43. The van der Waals surface area contributed by atoms with Gasteiger partial charge in [-0.2, -0.15) is 5.10 Å². The van der Waals surface area contributed by atoms with Crippen LogP contribution >= 0.6 is 11.6 Å².